The molecule has 0 fully saturated rings. The van der Waals surface area contributed by atoms with Gasteiger partial charge in [0, 0.05) is 17.7 Å². The largest absolute Gasteiger partial charge is 0.392 e. The van der Waals surface area contributed by atoms with Crippen molar-refractivity contribution in [3.05, 3.63) is 64.0 Å². The van der Waals surface area contributed by atoms with Crippen molar-refractivity contribution >= 4 is 16.7 Å². The molecule has 0 aliphatic heterocycles. The zero-order valence-electron chi connectivity index (χ0n) is 13.2. The summed E-state index contributed by atoms with van der Waals surface area (Å²) < 4.78 is 14.2. The fraction of sp³-hybridized carbons (Fsp3) is 0.0588. The van der Waals surface area contributed by atoms with Gasteiger partial charge in [-0.15, -0.1) is 0 Å². The third-order valence-corrected chi connectivity index (χ3v) is 4.00. The van der Waals surface area contributed by atoms with Crippen LogP contribution in [0.5, 0.6) is 0 Å². The minimum atomic E-state index is -0.491. The molecule has 0 atom stereocenters. The lowest BCUT2D eigenvalue weighted by Crippen LogP contribution is -1.89. The Morgan fingerprint density at radius 3 is 2.77 bits per heavy atom. The highest BCUT2D eigenvalue weighted by molar-refractivity contribution is 5.81. The second-order valence-electron chi connectivity index (χ2n) is 5.68. The number of halogens is 1. The first-order valence-corrected chi connectivity index (χ1v) is 7.65. The Bertz CT molecular complexity index is 1130. The summed E-state index contributed by atoms with van der Waals surface area (Å²) in [5, 5.41) is 26.8. The number of imidazole rings is 1. The summed E-state index contributed by atoms with van der Waals surface area (Å²) in [6, 6.07) is 10.4. The molecule has 0 amide bonds. The maximum Gasteiger partial charge on any atom is 0.271 e. The predicted octanol–water partition coefficient (Wildman–Crippen LogP) is 3.16. The van der Waals surface area contributed by atoms with Gasteiger partial charge in [0.1, 0.15) is 11.5 Å². The fourth-order valence-corrected chi connectivity index (χ4v) is 2.68. The Labute approximate surface area is 145 Å². The number of aliphatic hydroxyl groups excluding tert-OH is 1. The number of H-pyrrole nitrogens is 2. The molecule has 9 heteroatoms. The van der Waals surface area contributed by atoms with Gasteiger partial charge in [-0.1, -0.05) is 6.07 Å². The number of hydrogen-bond donors (Lipinski definition) is 3. The number of benzene rings is 2. The van der Waals surface area contributed by atoms with Gasteiger partial charge >= 0.3 is 0 Å². The third kappa shape index (κ3) is 2.70. The van der Waals surface area contributed by atoms with Gasteiger partial charge in [-0.25, -0.2) is 9.37 Å². The average Bonchev–Trinajstić information content (AvgIpc) is 3.27. The lowest BCUT2D eigenvalue weighted by Gasteiger charge is -2.01. The van der Waals surface area contributed by atoms with Crippen LogP contribution in [0.25, 0.3) is 33.8 Å². The lowest BCUT2D eigenvalue weighted by atomic mass is 10.1. The minimum Gasteiger partial charge on any atom is -0.392 e. The van der Waals surface area contributed by atoms with E-state index in [0.29, 0.717) is 33.8 Å². The third-order valence-electron chi connectivity index (χ3n) is 4.00. The number of rotatable bonds is 4. The summed E-state index contributed by atoms with van der Waals surface area (Å²) in [7, 11) is 0. The molecule has 2 aromatic heterocycles. The van der Waals surface area contributed by atoms with Gasteiger partial charge in [0.25, 0.3) is 5.69 Å². The van der Waals surface area contributed by atoms with Crippen LogP contribution in [0.15, 0.2) is 42.5 Å². The van der Waals surface area contributed by atoms with E-state index < -0.39 is 10.7 Å². The Morgan fingerprint density at radius 2 is 2.04 bits per heavy atom. The molecule has 4 aromatic rings. The van der Waals surface area contributed by atoms with Gasteiger partial charge in [0.2, 0.25) is 0 Å². The number of fused-ring (bicyclic) bond motifs is 1. The molecule has 0 unspecified atom stereocenters. The Hall–Kier alpha value is -3.59. The molecule has 130 valence electrons. The molecule has 0 bridgehead atoms. The Morgan fingerprint density at radius 1 is 1.19 bits per heavy atom. The summed E-state index contributed by atoms with van der Waals surface area (Å²) in [4.78, 5) is 17.7. The van der Waals surface area contributed by atoms with Crippen LogP contribution < -0.4 is 0 Å². The zero-order valence-corrected chi connectivity index (χ0v) is 13.2. The number of aromatic amines is 2. The number of aromatic nitrogens is 4. The van der Waals surface area contributed by atoms with Crippen molar-refractivity contribution in [1.29, 1.82) is 0 Å². The van der Waals surface area contributed by atoms with Crippen LogP contribution in [0.3, 0.4) is 0 Å². The maximum absolute atomic E-state index is 14.2. The molecule has 2 heterocycles. The monoisotopic (exact) mass is 353 g/mol. The van der Waals surface area contributed by atoms with E-state index in [4.69, 9.17) is 5.11 Å². The molecule has 0 aliphatic rings. The fourth-order valence-electron chi connectivity index (χ4n) is 2.68. The highest BCUT2D eigenvalue weighted by Crippen LogP contribution is 2.27. The van der Waals surface area contributed by atoms with Crippen molar-refractivity contribution in [2.75, 3.05) is 0 Å². The summed E-state index contributed by atoms with van der Waals surface area (Å²) in [5.41, 5.74) is 2.71. The van der Waals surface area contributed by atoms with Gasteiger partial charge in [0.05, 0.1) is 28.3 Å². The molecular formula is C17H12FN5O3. The van der Waals surface area contributed by atoms with Gasteiger partial charge in [-0.05, 0) is 29.8 Å². The highest BCUT2D eigenvalue weighted by atomic mass is 19.1. The number of non-ortho nitro benzene ring substituents is 1. The van der Waals surface area contributed by atoms with Crippen LogP contribution in [0.2, 0.25) is 0 Å². The maximum atomic E-state index is 14.2. The van der Waals surface area contributed by atoms with Crippen LogP contribution in [-0.2, 0) is 6.61 Å². The van der Waals surface area contributed by atoms with Crippen LogP contribution in [-0.4, -0.2) is 30.2 Å². The number of hydrogen-bond acceptors (Lipinski definition) is 5. The average molecular weight is 353 g/mol. The van der Waals surface area contributed by atoms with Crippen LogP contribution in [0, 0.1) is 15.9 Å². The topological polar surface area (TPSA) is 121 Å². The van der Waals surface area contributed by atoms with E-state index in [0.717, 1.165) is 0 Å². The first kappa shape index (κ1) is 15.9. The van der Waals surface area contributed by atoms with Crippen molar-refractivity contribution in [3.63, 3.8) is 0 Å². The molecule has 0 radical (unpaired) electrons. The molecule has 4 rings (SSSR count). The number of nitrogens with one attached hydrogen (secondary N) is 2. The van der Waals surface area contributed by atoms with E-state index in [1.807, 2.05) is 0 Å². The normalized spacial score (nSPS) is 11.2. The number of nitro benzene ring substituents is 1. The number of nitro groups is 1. The quantitative estimate of drug-likeness (QED) is 0.384. The summed E-state index contributed by atoms with van der Waals surface area (Å²) >= 11 is 0. The second kappa shape index (κ2) is 6.05. The molecule has 0 saturated carbocycles. The van der Waals surface area contributed by atoms with Crippen LogP contribution in [0.1, 0.15) is 5.56 Å². The van der Waals surface area contributed by atoms with E-state index in [-0.39, 0.29) is 17.9 Å². The summed E-state index contributed by atoms with van der Waals surface area (Å²) in [6.45, 7) is -0.242. The van der Waals surface area contributed by atoms with E-state index >= 15 is 0 Å². The molecule has 0 spiro atoms. The van der Waals surface area contributed by atoms with E-state index in [1.54, 1.807) is 24.3 Å². The van der Waals surface area contributed by atoms with Gasteiger partial charge in [0.15, 0.2) is 5.82 Å². The number of aliphatic hydroxyl groups is 1. The van der Waals surface area contributed by atoms with Gasteiger partial charge in [-0.2, -0.15) is 5.10 Å². The van der Waals surface area contributed by atoms with Crippen molar-refractivity contribution in [2.45, 2.75) is 6.61 Å². The smallest absolute Gasteiger partial charge is 0.271 e. The van der Waals surface area contributed by atoms with Crippen molar-refractivity contribution < 1.29 is 14.4 Å². The Kier molecular flexibility index (Phi) is 3.70. The second-order valence-corrected chi connectivity index (χ2v) is 5.68. The van der Waals surface area contributed by atoms with Crippen molar-refractivity contribution in [1.82, 2.24) is 20.2 Å². The summed E-state index contributed by atoms with van der Waals surface area (Å²) in [6.07, 6.45) is 0. The van der Waals surface area contributed by atoms with Crippen LogP contribution in [0.4, 0.5) is 10.1 Å². The molecular weight excluding hydrogens is 341 g/mol. The number of nitrogens with zero attached hydrogens (tertiary/aromatic N) is 3. The van der Waals surface area contributed by atoms with Gasteiger partial charge < -0.3 is 10.1 Å². The standard InChI is InChI=1S/C17H12FN5O3/c18-12-5-9(8-24)1-3-11(12)14-7-16(22-21-14)17-19-13-4-2-10(23(25)26)6-15(13)20-17/h1-7,24H,8H2,(H,19,20)(H,21,22). The minimum absolute atomic E-state index is 0.0379. The first-order chi connectivity index (χ1) is 12.5. The Balaban J connectivity index is 1.72. The molecule has 26 heavy (non-hydrogen) atoms. The van der Waals surface area contributed by atoms with E-state index in [2.05, 4.69) is 20.2 Å². The molecule has 2 aromatic carbocycles. The molecule has 0 saturated heterocycles. The molecule has 0 aliphatic carbocycles. The predicted molar refractivity (Wildman–Crippen MR) is 91.6 cm³/mol. The van der Waals surface area contributed by atoms with E-state index in [9.17, 15) is 14.5 Å². The summed E-state index contributed by atoms with van der Waals surface area (Å²) in [5.74, 6) is -0.0542. The first-order valence-electron chi connectivity index (χ1n) is 7.65. The van der Waals surface area contributed by atoms with Crippen molar-refractivity contribution in [3.8, 4) is 22.8 Å². The lowest BCUT2D eigenvalue weighted by molar-refractivity contribution is -0.384. The van der Waals surface area contributed by atoms with Crippen LogP contribution >= 0.6 is 0 Å². The highest BCUT2D eigenvalue weighted by Gasteiger charge is 2.14. The molecule has 3 N–H and O–H groups in total. The zero-order chi connectivity index (χ0) is 18.3. The van der Waals surface area contributed by atoms with Gasteiger partial charge in [-0.3, -0.25) is 15.2 Å². The van der Waals surface area contributed by atoms with E-state index in [1.165, 1.54) is 18.2 Å². The SMILES string of the molecule is O=[N+]([O-])c1ccc2nc(-c3cc(-c4ccc(CO)cc4F)n[nH]3)[nH]c2c1. The van der Waals surface area contributed by atoms with Crippen molar-refractivity contribution in [2.24, 2.45) is 0 Å². The molecule has 8 nitrogen and oxygen atoms in total.